The summed E-state index contributed by atoms with van der Waals surface area (Å²) < 4.78 is 2.44. The van der Waals surface area contributed by atoms with Gasteiger partial charge >= 0.3 is 0 Å². The normalized spacial score (nSPS) is 13.0. The van der Waals surface area contributed by atoms with Crippen LogP contribution < -0.4 is 0 Å². The van der Waals surface area contributed by atoms with Crippen LogP contribution in [0.2, 0.25) is 0 Å². The van der Waals surface area contributed by atoms with Crippen LogP contribution in [0.3, 0.4) is 0 Å². The van der Waals surface area contributed by atoms with E-state index in [1.807, 2.05) is 0 Å². The van der Waals surface area contributed by atoms with Crippen molar-refractivity contribution in [3.05, 3.63) is 285 Å². The zero-order chi connectivity index (χ0) is 47.6. The van der Waals surface area contributed by atoms with E-state index in [4.69, 9.17) is 0 Å². The van der Waals surface area contributed by atoms with Crippen LogP contribution in [-0.4, -0.2) is 4.57 Å². The van der Waals surface area contributed by atoms with Gasteiger partial charge in [-0.3, -0.25) is 0 Å². The van der Waals surface area contributed by atoms with E-state index in [9.17, 15) is 0 Å². The Labute approximate surface area is 421 Å². The van der Waals surface area contributed by atoms with Gasteiger partial charge in [-0.15, -0.1) is 10.0 Å². The highest BCUT2D eigenvalue weighted by molar-refractivity contribution is 8.34. The Morgan fingerprint density at radius 1 is 0.250 bits per heavy atom. The van der Waals surface area contributed by atoms with Gasteiger partial charge < -0.3 is 4.57 Å². The standard InChI is InChI=1S/C70H47NS/c1-4-16-48(17-5-1)56-38-41-64-65-42-40-57(46-70(65)72(69(64)45-56,58-22-6-2-7-23-58)59-24-8-3-9-25-59)71-47-67(54-36-34-53(35-37-54)63-29-15-21-51-19-11-13-27-61(51)63)66-44-55(39-43-68(66)71)49-30-32-52(33-31-49)62-28-14-20-50-18-10-12-26-60(50)62/h1-47H. The summed E-state index contributed by atoms with van der Waals surface area (Å²) in [7, 11) is -1.94. The van der Waals surface area contributed by atoms with Crippen molar-refractivity contribution in [2.24, 2.45) is 0 Å². The van der Waals surface area contributed by atoms with E-state index in [0.717, 1.165) is 5.69 Å². The van der Waals surface area contributed by atoms with Crippen LogP contribution in [-0.2, 0) is 0 Å². The predicted molar refractivity (Wildman–Crippen MR) is 304 cm³/mol. The van der Waals surface area contributed by atoms with Crippen molar-refractivity contribution < 1.29 is 0 Å². The molecule has 0 atom stereocenters. The third kappa shape index (κ3) is 6.79. The minimum Gasteiger partial charge on any atom is -0.316 e. The summed E-state index contributed by atoms with van der Waals surface area (Å²) in [5.41, 5.74) is 17.1. The van der Waals surface area contributed by atoms with Crippen molar-refractivity contribution in [1.82, 2.24) is 4.57 Å². The molecule has 1 aliphatic rings. The first kappa shape index (κ1) is 42.0. The van der Waals surface area contributed by atoms with Crippen LogP contribution >= 0.6 is 10.0 Å². The van der Waals surface area contributed by atoms with Gasteiger partial charge in [0.1, 0.15) is 0 Å². The molecule has 2 heteroatoms. The third-order valence-electron chi connectivity index (χ3n) is 14.9. The van der Waals surface area contributed by atoms with Crippen molar-refractivity contribution in [1.29, 1.82) is 0 Å². The molecule has 0 aliphatic carbocycles. The molecule has 1 nitrogen and oxygen atoms in total. The van der Waals surface area contributed by atoms with E-state index >= 15 is 0 Å². The molecule has 1 aliphatic heterocycles. The van der Waals surface area contributed by atoms with Crippen molar-refractivity contribution in [3.63, 3.8) is 0 Å². The summed E-state index contributed by atoms with van der Waals surface area (Å²) in [5.74, 6) is 0. The molecule has 0 spiro atoms. The van der Waals surface area contributed by atoms with Crippen LogP contribution in [0.5, 0.6) is 0 Å². The summed E-state index contributed by atoms with van der Waals surface area (Å²) in [6, 6.07) is 104. The second-order valence-corrected chi connectivity index (χ2v) is 21.9. The lowest BCUT2D eigenvalue weighted by Gasteiger charge is -2.39. The van der Waals surface area contributed by atoms with Gasteiger partial charge in [-0.2, -0.15) is 0 Å². The quantitative estimate of drug-likeness (QED) is 0.143. The van der Waals surface area contributed by atoms with Crippen molar-refractivity contribution in [2.45, 2.75) is 19.6 Å². The van der Waals surface area contributed by atoms with E-state index < -0.39 is 10.0 Å². The number of hydrogen-bond donors (Lipinski definition) is 0. The monoisotopic (exact) mass is 933 g/mol. The van der Waals surface area contributed by atoms with Crippen molar-refractivity contribution in [3.8, 4) is 72.4 Å². The molecule has 14 rings (SSSR count). The molecule has 0 saturated heterocycles. The Hall–Kier alpha value is -8.95. The molecule has 0 fully saturated rings. The van der Waals surface area contributed by atoms with E-state index in [0.29, 0.717) is 0 Å². The number of hydrogen-bond acceptors (Lipinski definition) is 0. The summed E-state index contributed by atoms with van der Waals surface area (Å²) >= 11 is 0. The molecule has 0 N–H and O–H groups in total. The number of fused-ring (bicyclic) bond motifs is 6. The van der Waals surface area contributed by atoms with Crippen LogP contribution in [0, 0.1) is 0 Å². The van der Waals surface area contributed by atoms with Gasteiger partial charge in [0, 0.05) is 42.4 Å². The molecule has 0 radical (unpaired) electrons. The zero-order valence-electron chi connectivity index (χ0n) is 39.5. The molecule has 2 heterocycles. The summed E-state index contributed by atoms with van der Waals surface area (Å²) in [6.07, 6.45) is 2.38. The van der Waals surface area contributed by atoms with Gasteiger partial charge in [0.15, 0.2) is 0 Å². The Morgan fingerprint density at radius 2 is 0.681 bits per heavy atom. The average Bonchev–Trinajstić information content (AvgIpc) is 3.99. The fourth-order valence-electron chi connectivity index (χ4n) is 11.4. The number of benzene rings is 12. The lowest BCUT2D eigenvalue weighted by atomic mass is 9.94. The average molecular weight is 934 g/mol. The highest BCUT2D eigenvalue weighted by Crippen LogP contribution is 2.80. The Balaban J connectivity index is 0.950. The van der Waals surface area contributed by atoms with Crippen LogP contribution in [0.15, 0.2) is 305 Å². The Kier molecular flexibility index (Phi) is 10.0. The van der Waals surface area contributed by atoms with Crippen molar-refractivity contribution >= 4 is 42.5 Å². The highest BCUT2D eigenvalue weighted by Gasteiger charge is 2.42. The van der Waals surface area contributed by atoms with E-state index in [1.165, 1.54) is 119 Å². The van der Waals surface area contributed by atoms with Gasteiger partial charge in [0.25, 0.3) is 0 Å². The van der Waals surface area contributed by atoms with Crippen LogP contribution in [0.1, 0.15) is 0 Å². The molecule has 72 heavy (non-hydrogen) atoms. The summed E-state index contributed by atoms with van der Waals surface area (Å²) in [6.45, 7) is 0. The first-order valence-corrected chi connectivity index (χ1v) is 26.4. The lowest BCUT2D eigenvalue weighted by molar-refractivity contribution is 1.11. The van der Waals surface area contributed by atoms with E-state index in [2.05, 4.69) is 290 Å². The van der Waals surface area contributed by atoms with Gasteiger partial charge in [-0.1, -0.05) is 224 Å². The fraction of sp³-hybridized carbons (Fsp3) is 0. The Bertz CT molecular complexity index is 4120. The van der Waals surface area contributed by atoms with E-state index in [1.54, 1.807) is 0 Å². The molecule has 0 amide bonds. The van der Waals surface area contributed by atoms with Gasteiger partial charge in [0.05, 0.1) is 5.52 Å². The molecular weight excluding hydrogens is 887 g/mol. The summed E-state index contributed by atoms with van der Waals surface area (Å²) in [5, 5.41) is 6.25. The predicted octanol–water partition coefficient (Wildman–Crippen LogP) is 19.6. The first-order chi connectivity index (χ1) is 35.7. The minimum absolute atomic E-state index is 1.14. The first-order valence-electron chi connectivity index (χ1n) is 24.8. The van der Waals surface area contributed by atoms with E-state index in [-0.39, 0.29) is 0 Å². The maximum Gasteiger partial charge on any atom is 0.0535 e. The van der Waals surface area contributed by atoms with Crippen molar-refractivity contribution in [2.75, 3.05) is 0 Å². The molecule has 338 valence electrons. The topological polar surface area (TPSA) is 4.93 Å². The molecular formula is C70H47NS. The second-order valence-electron chi connectivity index (χ2n) is 18.8. The maximum absolute atomic E-state index is 2.51. The highest BCUT2D eigenvalue weighted by atomic mass is 32.3. The number of nitrogens with zero attached hydrogens (tertiary/aromatic N) is 1. The van der Waals surface area contributed by atoms with Gasteiger partial charge in [-0.05, 0) is 137 Å². The zero-order valence-corrected chi connectivity index (χ0v) is 40.3. The van der Waals surface area contributed by atoms with Crippen LogP contribution in [0.25, 0.3) is 105 Å². The largest absolute Gasteiger partial charge is 0.316 e. The van der Waals surface area contributed by atoms with Crippen LogP contribution in [0.4, 0.5) is 0 Å². The molecule has 0 unspecified atom stereocenters. The minimum atomic E-state index is -1.94. The number of rotatable bonds is 8. The lowest BCUT2D eigenvalue weighted by Crippen LogP contribution is -2.03. The van der Waals surface area contributed by atoms with Gasteiger partial charge in [0.2, 0.25) is 0 Å². The third-order valence-corrected chi connectivity index (χ3v) is 18.8. The molecule has 1 aromatic heterocycles. The SMILES string of the molecule is c1ccc(-c2ccc3c(c2)S(c2ccccc2)(c2ccccc2)c2cc(-n4cc(-c5ccc(-c6cccc7ccccc67)cc5)c5cc(-c6ccc(-c7cccc8ccccc78)cc6)ccc54)ccc2-3)cc1. The molecule has 13 aromatic rings. The molecule has 12 aromatic carbocycles. The Morgan fingerprint density at radius 3 is 1.28 bits per heavy atom. The second kappa shape index (κ2) is 17.2. The molecule has 0 saturated carbocycles. The maximum atomic E-state index is 2.51. The smallest absolute Gasteiger partial charge is 0.0535 e. The molecule has 0 bridgehead atoms. The summed E-state index contributed by atoms with van der Waals surface area (Å²) in [4.78, 5) is 5.41. The fourth-order valence-corrected chi connectivity index (χ4v) is 15.7. The number of aromatic nitrogens is 1. The van der Waals surface area contributed by atoms with Gasteiger partial charge in [-0.25, -0.2) is 0 Å².